The fraction of sp³-hybridized carbons (Fsp3) is 0.474. The van der Waals surface area contributed by atoms with Crippen molar-refractivity contribution in [1.29, 1.82) is 0 Å². The molecule has 0 radical (unpaired) electrons. The second-order valence-corrected chi connectivity index (χ2v) is 6.59. The molecule has 2 aromatic rings. The molecule has 1 aliphatic carbocycles. The summed E-state index contributed by atoms with van der Waals surface area (Å²) in [7, 11) is 1.37. The van der Waals surface area contributed by atoms with Crippen LogP contribution in [0.3, 0.4) is 0 Å². The third kappa shape index (κ3) is 2.97. The smallest absolute Gasteiger partial charge is 0.343 e. The number of esters is 2. The van der Waals surface area contributed by atoms with E-state index in [-0.39, 0.29) is 12.6 Å². The Bertz CT molecular complexity index is 861. The predicted molar refractivity (Wildman–Crippen MR) is 92.5 cm³/mol. The minimum absolute atomic E-state index is 0.186. The van der Waals surface area contributed by atoms with Crippen molar-refractivity contribution in [3.05, 3.63) is 29.5 Å². The van der Waals surface area contributed by atoms with Crippen molar-refractivity contribution in [2.75, 3.05) is 26.9 Å². The Labute approximate surface area is 150 Å². The Morgan fingerprint density at radius 2 is 2.04 bits per heavy atom. The van der Waals surface area contributed by atoms with E-state index >= 15 is 0 Å². The number of rotatable bonds is 4. The minimum Gasteiger partial charge on any atom is -0.465 e. The maximum absolute atomic E-state index is 12.3. The first-order chi connectivity index (χ1) is 12.6. The summed E-state index contributed by atoms with van der Waals surface area (Å²) in [6, 6.07) is 5.75. The minimum atomic E-state index is -0.725. The first-order valence-corrected chi connectivity index (χ1v) is 8.74. The molecule has 1 aliphatic heterocycles. The lowest BCUT2D eigenvalue weighted by molar-refractivity contribution is -0.161. The van der Waals surface area contributed by atoms with Crippen molar-refractivity contribution in [1.82, 2.24) is 4.57 Å². The summed E-state index contributed by atoms with van der Waals surface area (Å²) < 4.78 is 23.2. The van der Waals surface area contributed by atoms with Crippen LogP contribution in [0.4, 0.5) is 0 Å². The van der Waals surface area contributed by atoms with Gasteiger partial charge in [0.1, 0.15) is 5.75 Å². The Hall–Kier alpha value is -2.38. The number of ether oxygens (including phenoxy) is 4. The quantitative estimate of drug-likeness (QED) is 0.616. The Morgan fingerprint density at radius 3 is 2.69 bits per heavy atom. The number of hydrogen-bond donors (Lipinski definition) is 0. The molecule has 7 nitrogen and oxygen atoms in total. The molecule has 2 fully saturated rings. The van der Waals surface area contributed by atoms with Crippen LogP contribution in [0.15, 0.2) is 18.2 Å². The number of nitrogens with zero attached hydrogens (tertiary/aromatic N) is 1. The second kappa shape index (κ2) is 6.74. The van der Waals surface area contributed by atoms with Crippen LogP contribution in [-0.2, 0) is 19.0 Å². The van der Waals surface area contributed by atoms with Crippen molar-refractivity contribution >= 4 is 22.8 Å². The highest BCUT2D eigenvalue weighted by Gasteiger charge is 2.31. The summed E-state index contributed by atoms with van der Waals surface area (Å²) in [5, 5.41) is 0.729. The molecule has 1 atom stereocenters. The predicted octanol–water partition coefficient (Wildman–Crippen LogP) is 2.39. The molecule has 0 bridgehead atoms. The van der Waals surface area contributed by atoms with E-state index in [9.17, 15) is 9.59 Å². The Balaban J connectivity index is 1.69. The zero-order valence-electron chi connectivity index (χ0n) is 14.8. The maximum Gasteiger partial charge on any atom is 0.343 e. The highest BCUT2D eigenvalue weighted by molar-refractivity contribution is 6.06. The van der Waals surface area contributed by atoms with Gasteiger partial charge in [-0.3, -0.25) is 0 Å². The van der Waals surface area contributed by atoms with Crippen molar-refractivity contribution < 1.29 is 28.5 Å². The molecule has 2 aliphatic rings. The van der Waals surface area contributed by atoms with Crippen molar-refractivity contribution in [2.45, 2.75) is 31.9 Å². The van der Waals surface area contributed by atoms with Gasteiger partial charge in [0, 0.05) is 22.6 Å². The van der Waals surface area contributed by atoms with Gasteiger partial charge in [0.05, 0.1) is 32.5 Å². The zero-order valence-corrected chi connectivity index (χ0v) is 14.8. The fourth-order valence-electron chi connectivity index (χ4n) is 3.45. The average molecular weight is 359 g/mol. The fourth-order valence-corrected chi connectivity index (χ4v) is 3.45. The zero-order chi connectivity index (χ0) is 18.3. The molecule has 138 valence electrons. The van der Waals surface area contributed by atoms with Gasteiger partial charge in [0.25, 0.3) is 0 Å². The first-order valence-electron chi connectivity index (χ1n) is 8.74. The third-order valence-electron chi connectivity index (χ3n) is 4.82. The van der Waals surface area contributed by atoms with Gasteiger partial charge in [0.15, 0.2) is 6.10 Å². The topological polar surface area (TPSA) is 76.0 Å². The van der Waals surface area contributed by atoms with E-state index in [1.54, 1.807) is 12.1 Å². The van der Waals surface area contributed by atoms with E-state index in [4.69, 9.17) is 18.9 Å². The van der Waals surface area contributed by atoms with Gasteiger partial charge < -0.3 is 23.5 Å². The lowest BCUT2D eigenvalue weighted by Gasteiger charge is -2.21. The molecule has 1 saturated heterocycles. The monoisotopic (exact) mass is 359 g/mol. The van der Waals surface area contributed by atoms with Crippen molar-refractivity contribution in [2.24, 2.45) is 0 Å². The lowest BCUT2D eigenvalue weighted by Crippen LogP contribution is -2.38. The summed E-state index contributed by atoms with van der Waals surface area (Å²) >= 11 is 0. The molecule has 1 aromatic heterocycles. The molecule has 1 unspecified atom stereocenters. The van der Waals surface area contributed by atoms with Crippen LogP contribution in [0.25, 0.3) is 10.9 Å². The summed E-state index contributed by atoms with van der Waals surface area (Å²) in [6.45, 7) is 2.95. The Kier molecular flexibility index (Phi) is 4.42. The van der Waals surface area contributed by atoms with Crippen LogP contribution in [0, 0.1) is 6.92 Å². The second-order valence-electron chi connectivity index (χ2n) is 6.59. The van der Waals surface area contributed by atoms with Crippen LogP contribution in [-0.4, -0.2) is 49.5 Å². The number of carbonyl (C=O) groups is 2. The van der Waals surface area contributed by atoms with Gasteiger partial charge in [0.2, 0.25) is 0 Å². The molecule has 2 heterocycles. The van der Waals surface area contributed by atoms with E-state index in [0.717, 1.165) is 29.4 Å². The van der Waals surface area contributed by atoms with E-state index in [2.05, 4.69) is 4.57 Å². The van der Waals surface area contributed by atoms with E-state index in [1.165, 1.54) is 7.11 Å². The SMILES string of the molecule is COC(=O)c1c(C)n(C2CC2)c2ccc(OC(=O)C3COCCO3)cc12. The summed E-state index contributed by atoms with van der Waals surface area (Å²) in [5.74, 6) is -0.517. The van der Waals surface area contributed by atoms with Crippen LogP contribution in [0.1, 0.15) is 34.9 Å². The van der Waals surface area contributed by atoms with Gasteiger partial charge in [-0.25, -0.2) is 9.59 Å². The number of hydrogen-bond acceptors (Lipinski definition) is 6. The van der Waals surface area contributed by atoms with Crippen LogP contribution >= 0.6 is 0 Å². The van der Waals surface area contributed by atoms with E-state index < -0.39 is 12.1 Å². The normalized spacial score (nSPS) is 20.2. The number of aromatic nitrogens is 1. The molecular weight excluding hydrogens is 338 g/mol. The summed E-state index contributed by atoms with van der Waals surface area (Å²) in [6.07, 6.45) is 1.47. The first kappa shape index (κ1) is 17.1. The number of benzene rings is 1. The van der Waals surface area contributed by atoms with E-state index in [0.29, 0.717) is 30.6 Å². The molecular formula is C19H21NO6. The molecule has 4 rings (SSSR count). The largest absolute Gasteiger partial charge is 0.465 e. The maximum atomic E-state index is 12.3. The van der Waals surface area contributed by atoms with Gasteiger partial charge in [-0.05, 0) is 38.0 Å². The van der Waals surface area contributed by atoms with Crippen LogP contribution in [0.5, 0.6) is 5.75 Å². The summed E-state index contributed by atoms with van der Waals surface area (Å²) in [5.41, 5.74) is 2.34. The molecule has 0 spiro atoms. The van der Waals surface area contributed by atoms with Crippen LogP contribution < -0.4 is 4.74 Å². The third-order valence-corrected chi connectivity index (χ3v) is 4.82. The van der Waals surface area contributed by atoms with Gasteiger partial charge >= 0.3 is 11.9 Å². The highest BCUT2D eigenvalue weighted by atomic mass is 16.6. The Morgan fingerprint density at radius 1 is 1.23 bits per heavy atom. The standard InChI is InChI=1S/C19H21NO6/c1-11-17(19(22)23-2)14-9-13(5-6-15(14)20(11)12-3-4-12)26-18(21)16-10-24-7-8-25-16/h5-6,9,12,16H,3-4,7-8,10H2,1-2H3. The number of fused-ring (bicyclic) bond motifs is 1. The molecule has 1 saturated carbocycles. The number of carbonyl (C=O) groups excluding carboxylic acids is 2. The molecule has 26 heavy (non-hydrogen) atoms. The van der Waals surface area contributed by atoms with Gasteiger partial charge in [-0.2, -0.15) is 0 Å². The average Bonchev–Trinajstić information content (AvgIpc) is 3.45. The summed E-state index contributed by atoms with van der Waals surface area (Å²) in [4.78, 5) is 24.6. The molecule has 0 N–H and O–H groups in total. The molecule has 7 heteroatoms. The lowest BCUT2D eigenvalue weighted by atomic mass is 10.1. The van der Waals surface area contributed by atoms with Crippen molar-refractivity contribution in [3.63, 3.8) is 0 Å². The van der Waals surface area contributed by atoms with Gasteiger partial charge in [-0.1, -0.05) is 0 Å². The number of methoxy groups -OCH3 is 1. The van der Waals surface area contributed by atoms with Gasteiger partial charge in [-0.15, -0.1) is 0 Å². The van der Waals surface area contributed by atoms with Crippen LogP contribution in [0.2, 0.25) is 0 Å². The highest BCUT2D eigenvalue weighted by Crippen LogP contribution is 2.42. The van der Waals surface area contributed by atoms with E-state index in [1.807, 2.05) is 13.0 Å². The van der Waals surface area contributed by atoms with Crippen molar-refractivity contribution in [3.8, 4) is 5.75 Å². The molecule has 0 amide bonds. The molecule has 1 aromatic carbocycles.